The van der Waals surface area contributed by atoms with Crippen molar-refractivity contribution in [2.45, 2.75) is 91.0 Å². The van der Waals surface area contributed by atoms with E-state index in [-0.39, 0.29) is 37.7 Å². The summed E-state index contributed by atoms with van der Waals surface area (Å²) < 4.78 is 10.6. The summed E-state index contributed by atoms with van der Waals surface area (Å²) in [4.78, 5) is 67.5. The van der Waals surface area contributed by atoms with Crippen LogP contribution in [0.25, 0.3) is 0 Å². The van der Waals surface area contributed by atoms with E-state index < -0.39 is 35.2 Å². The molecule has 37 heavy (non-hydrogen) atoms. The van der Waals surface area contributed by atoms with Crippen molar-refractivity contribution in [3.63, 3.8) is 0 Å². The second kappa shape index (κ2) is 10.5. The van der Waals surface area contributed by atoms with Crippen LogP contribution in [0.3, 0.4) is 0 Å². The van der Waals surface area contributed by atoms with Crippen LogP contribution in [0.2, 0.25) is 0 Å². The second-order valence-corrected chi connectivity index (χ2v) is 11.5. The fourth-order valence-electron chi connectivity index (χ4n) is 4.48. The highest BCUT2D eigenvalue weighted by Gasteiger charge is 2.46. The third-order valence-corrected chi connectivity index (χ3v) is 6.02. The second-order valence-electron chi connectivity index (χ2n) is 11.5. The van der Waals surface area contributed by atoms with E-state index in [2.05, 4.69) is 0 Å². The van der Waals surface area contributed by atoms with E-state index in [9.17, 15) is 24.0 Å². The van der Waals surface area contributed by atoms with Gasteiger partial charge in [0.25, 0.3) is 11.8 Å². The Morgan fingerprint density at radius 1 is 1.03 bits per heavy atom. The minimum absolute atomic E-state index is 0.0484. The zero-order valence-electron chi connectivity index (χ0n) is 22.8. The highest BCUT2D eigenvalue weighted by Crippen LogP contribution is 2.35. The zero-order chi connectivity index (χ0) is 27.7. The highest BCUT2D eigenvalue weighted by molar-refractivity contribution is 6.13. The van der Waals surface area contributed by atoms with E-state index in [1.807, 2.05) is 38.8 Å². The number of nitrogens with zero attached hydrogens (tertiary/aromatic N) is 3. The van der Waals surface area contributed by atoms with Gasteiger partial charge in [0.1, 0.15) is 17.2 Å². The van der Waals surface area contributed by atoms with E-state index in [0.717, 1.165) is 11.3 Å². The quantitative estimate of drug-likeness (QED) is 0.417. The van der Waals surface area contributed by atoms with Crippen molar-refractivity contribution in [2.24, 2.45) is 0 Å². The van der Waals surface area contributed by atoms with Crippen molar-refractivity contribution in [1.29, 1.82) is 0 Å². The number of likely N-dealkylation sites (tertiary alicyclic amines) is 1. The molecular formula is C27H37N3O7. The Morgan fingerprint density at radius 2 is 1.68 bits per heavy atom. The molecule has 1 aromatic rings. The Morgan fingerprint density at radius 3 is 2.30 bits per heavy atom. The van der Waals surface area contributed by atoms with Gasteiger partial charge in [-0.2, -0.15) is 4.90 Å². The Hall–Kier alpha value is -3.43. The molecule has 0 aromatic heterocycles. The van der Waals surface area contributed by atoms with Crippen LogP contribution in [-0.2, 0) is 30.4 Å². The number of carbonyl (C=O) groups is 5. The summed E-state index contributed by atoms with van der Waals surface area (Å²) in [6, 6.07) is 4.43. The van der Waals surface area contributed by atoms with Crippen LogP contribution in [-0.4, -0.2) is 70.4 Å². The van der Waals surface area contributed by atoms with Crippen molar-refractivity contribution in [2.75, 3.05) is 18.5 Å². The Bertz CT molecular complexity index is 1100. The maximum atomic E-state index is 13.3. The number of ether oxygens (including phenoxy) is 2. The predicted molar refractivity (Wildman–Crippen MR) is 136 cm³/mol. The number of benzene rings is 1. The molecule has 0 saturated carbocycles. The molecule has 1 saturated heterocycles. The van der Waals surface area contributed by atoms with Crippen molar-refractivity contribution >= 4 is 35.5 Å². The number of rotatable bonds is 6. The van der Waals surface area contributed by atoms with E-state index in [4.69, 9.17) is 9.47 Å². The summed E-state index contributed by atoms with van der Waals surface area (Å²) in [6.45, 7) is 11.2. The number of esters is 1. The first-order valence-corrected chi connectivity index (χ1v) is 12.5. The third kappa shape index (κ3) is 6.67. The van der Waals surface area contributed by atoms with Crippen LogP contribution in [0.1, 0.15) is 83.1 Å². The van der Waals surface area contributed by atoms with Gasteiger partial charge in [-0.1, -0.05) is 6.07 Å². The van der Waals surface area contributed by atoms with Gasteiger partial charge in [0.15, 0.2) is 0 Å². The number of imide groups is 3. The lowest BCUT2D eigenvalue weighted by Gasteiger charge is -2.35. The maximum absolute atomic E-state index is 13.3. The Labute approximate surface area is 217 Å². The summed E-state index contributed by atoms with van der Waals surface area (Å²) in [5.74, 6) is -1.97. The molecule has 0 bridgehead atoms. The number of hydrogen-bond acceptors (Lipinski definition) is 8. The SMILES string of the molecule is CN(CCCC(=O)OC(C)(C)C)c1cccc2c1CN(C1CCC(=O)N(C(=O)OC(C)(C)C)C1=O)C2=O. The lowest BCUT2D eigenvalue weighted by Crippen LogP contribution is -2.57. The van der Waals surface area contributed by atoms with Crippen LogP contribution in [0.5, 0.6) is 0 Å². The summed E-state index contributed by atoms with van der Waals surface area (Å²) in [5.41, 5.74) is 0.646. The van der Waals surface area contributed by atoms with E-state index in [0.29, 0.717) is 23.4 Å². The maximum Gasteiger partial charge on any atom is 0.424 e. The van der Waals surface area contributed by atoms with Gasteiger partial charge in [0.05, 0.1) is 0 Å². The summed E-state index contributed by atoms with van der Waals surface area (Å²) in [6.07, 6.45) is -0.0970. The zero-order valence-corrected chi connectivity index (χ0v) is 22.8. The van der Waals surface area contributed by atoms with Crippen molar-refractivity contribution in [3.05, 3.63) is 29.3 Å². The topological polar surface area (TPSA) is 114 Å². The van der Waals surface area contributed by atoms with Crippen molar-refractivity contribution < 1.29 is 33.4 Å². The van der Waals surface area contributed by atoms with E-state index in [1.165, 1.54) is 4.90 Å². The van der Waals surface area contributed by atoms with Gasteiger partial charge in [-0.15, -0.1) is 0 Å². The molecule has 0 aliphatic carbocycles. The van der Waals surface area contributed by atoms with Gasteiger partial charge in [-0.05, 0) is 66.5 Å². The number of piperidine rings is 1. The number of carbonyl (C=O) groups excluding carboxylic acids is 5. The minimum Gasteiger partial charge on any atom is -0.460 e. The highest BCUT2D eigenvalue weighted by atomic mass is 16.6. The van der Waals surface area contributed by atoms with Crippen molar-refractivity contribution in [3.8, 4) is 0 Å². The molecule has 0 N–H and O–H groups in total. The molecule has 202 valence electrons. The average molecular weight is 516 g/mol. The molecule has 10 nitrogen and oxygen atoms in total. The molecule has 0 radical (unpaired) electrons. The van der Waals surface area contributed by atoms with Crippen LogP contribution < -0.4 is 4.90 Å². The minimum atomic E-state index is -1.03. The van der Waals surface area contributed by atoms with E-state index in [1.54, 1.807) is 32.9 Å². The monoisotopic (exact) mass is 515 g/mol. The molecule has 4 amide bonds. The fourth-order valence-corrected chi connectivity index (χ4v) is 4.48. The molecule has 1 fully saturated rings. The molecule has 2 aliphatic rings. The summed E-state index contributed by atoms with van der Waals surface area (Å²) in [7, 11) is 1.88. The molecule has 1 unspecified atom stereocenters. The molecular weight excluding hydrogens is 478 g/mol. The number of fused-ring (bicyclic) bond motifs is 1. The lowest BCUT2D eigenvalue weighted by atomic mass is 10.0. The molecule has 1 aromatic carbocycles. The third-order valence-electron chi connectivity index (χ3n) is 6.02. The molecule has 2 heterocycles. The summed E-state index contributed by atoms with van der Waals surface area (Å²) >= 11 is 0. The number of amides is 4. The van der Waals surface area contributed by atoms with Gasteiger partial charge >= 0.3 is 12.1 Å². The van der Waals surface area contributed by atoms with Crippen molar-refractivity contribution in [1.82, 2.24) is 9.80 Å². The van der Waals surface area contributed by atoms with Crippen LogP contribution in [0.4, 0.5) is 10.5 Å². The predicted octanol–water partition coefficient (Wildman–Crippen LogP) is 3.65. The largest absolute Gasteiger partial charge is 0.460 e. The van der Waals surface area contributed by atoms with Crippen LogP contribution >= 0.6 is 0 Å². The van der Waals surface area contributed by atoms with Crippen LogP contribution in [0.15, 0.2) is 18.2 Å². The molecule has 1 atom stereocenters. The summed E-state index contributed by atoms with van der Waals surface area (Å²) in [5, 5.41) is 0. The van der Waals surface area contributed by atoms with Gasteiger partial charge in [0.2, 0.25) is 5.91 Å². The Kier molecular flexibility index (Phi) is 8.00. The first-order valence-electron chi connectivity index (χ1n) is 12.5. The Balaban J connectivity index is 1.72. The first kappa shape index (κ1) is 28.1. The average Bonchev–Trinajstić information content (AvgIpc) is 3.07. The molecule has 2 aliphatic heterocycles. The molecule has 10 heteroatoms. The van der Waals surface area contributed by atoms with E-state index >= 15 is 0 Å². The number of hydrogen-bond donors (Lipinski definition) is 0. The lowest BCUT2D eigenvalue weighted by molar-refractivity contribution is -0.155. The molecule has 3 rings (SSSR count). The molecule has 0 spiro atoms. The smallest absolute Gasteiger partial charge is 0.424 e. The van der Waals surface area contributed by atoms with Gasteiger partial charge in [-0.25, -0.2) is 4.79 Å². The fraction of sp³-hybridized carbons (Fsp3) is 0.593. The van der Waals surface area contributed by atoms with Gasteiger partial charge in [-0.3, -0.25) is 19.2 Å². The standard InChI is InChI=1S/C27H37N3O7/c1-26(2,3)36-22(32)12-9-15-28(7)19-11-8-10-17-18(19)16-29(23(17)33)20-13-14-21(31)30(24(20)34)25(35)37-27(4,5)6/h8,10-11,20H,9,12-16H2,1-7H3. The van der Waals surface area contributed by atoms with Crippen LogP contribution in [0, 0.1) is 0 Å². The first-order chi connectivity index (χ1) is 17.1. The van der Waals surface area contributed by atoms with Gasteiger partial charge < -0.3 is 19.3 Å². The number of anilines is 1. The normalized spacial score (nSPS) is 18.1. The van der Waals surface area contributed by atoms with Gasteiger partial charge in [0, 0.05) is 49.8 Å².